The van der Waals surface area contributed by atoms with Crippen LogP contribution in [0.25, 0.3) is 0 Å². The molecule has 7 nitrogen and oxygen atoms in total. The van der Waals surface area contributed by atoms with E-state index in [4.69, 9.17) is 0 Å². The summed E-state index contributed by atoms with van der Waals surface area (Å²) in [6.45, 7) is 4.82. The number of hydrogen-bond acceptors (Lipinski definition) is 4. The van der Waals surface area contributed by atoms with Gasteiger partial charge >= 0.3 is 6.18 Å². The zero-order valence-electron chi connectivity index (χ0n) is 16.1. The first-order valence-corrected chi connectivity index (χ1v) is 9.31. The molecule has 0 atom stereocenters. The molecule has 3 heterocycles. The molecule has 2 aromatic rings. The van der Waals surface area contributed by atoms with Crippen molar-refractivity contribution in [2.24, 2.45) is 0 Å². The minimum absolute atomic E-state index is 0.0893. The summed E-state index contributed by atoms with van der Waals surface area (Å²) in [7, 11) is 1.72. The number of rotatable bonds is 6. The first-order chi connectivity index (χ1) is 13.2. The van der Waals surface area contributed by atoms with Gasteiger partial charge in [0.15, 0.2) is 5.69 Å². The van der Waals surface area contributed by atoms with Gasteiger partial charge in [-0.3, -0.25) is 14.2 Å². The molecular weight excluding hydrogens is 373 g/mol. The van der Waals surface area contributed by atoms with E-state index in [0.29, 0.717) is 5.69 Å². The van der Waals surface area contributed by atoms with Gasteiger partial charge in [0.05, 0.1) is 6.54 Å². The molecule has 0 radical (unpaired) electrons. The monoisotopic (exact) mass is 398 g/mol. The zero-order valence-corrected chi connectivity index (χ0v) is 16.1. The number of alkyl halides is 3. The lowest BCUT2D eigenvalue weighted by molar-refractivity contribution is -0.142. The molecule has 1 aliphatic rings. The van der Waals surface area contributed by atoms with Crippen LogP contribution in [-0.2, 0) is 24.1 Å². The standard InChI is InChI=1S/C18H25F3N6O/c1-14-12-16(18(19,20)21)23-27(14)13-17(28)24(2)15-4-8-25(9-5-15)10-11-26-7-3-6-22-26/h3,6-7,12,15H,4-5,8-11,13H2,1-2H3. The highest BCUT2D eigenvalue weighted by atomic mass is 19.4. The minimum atomic E-state index is -4.51. The van der Waals surface area contributed by atoms with Crippen molar-refractivity contribution in [3.8, 4) is 0 Å². The molecule has 1 saturated heterocycles. The summed E-state index contributed by atoms with van der Waals surface area (Å²) >= 11 is 0. The Bertz CT molecular complexity index is 778. The maximum absolute atomic E-state index is 12.8. The molecule has 2 aromatic heterocycles. The lowest BCUT2D eigenvalue weighted by Crippen LogP contribution is -2.47. The van der Waals surface area contributed by atoms with Gasteiger partial charge in [0, 0.05) is 50.8 Å². The number of piperidine rings is 1. The molecule has 28 heavy (non-hydrogen) atoms. The Morgan fingerprint density at radius 3 is 2.57 bits per heavy atom. The van der Waals surface area contributed by atoms with Gasteiger partial charge in [0.2, 0.25) is 5.91 Å². The van der Waals surface area contributed by atoms with Crippen LogP contribution in [0.15, 0.2) is 24.5 Å². The van der Waals surface area contributed by atoms with Crippen molar-refractivity contribution in [3.05, 3.63) is 35.9 Å². The molecule has 0 aromatic carbocycles. The van der Waals surface area contributed by atoms with Crippen LogP contribution in [0.2, 0.25) is 0 Å². The number of aromatic nitrogens is 4. The van der Waals surface area contributed by atoms with Crippen LogP contribution in [0.3, 0.4) is 0 Å². The normalized spacial score (nSPS) is 16.5. The molecular formula is C18H25F3N6O. The minimum Gasteiger partial charge on any atom is -0.341 e. The van der Waals surface area contributed by atoms with Crippen molar-refractivity contribution >= 4 is 5.91 Å². The average molecular weight is 398 g/mol. The van der Waals surface area contributed by atoms with E-state index in [2.05, 4.69) is 15.1 Å². The van der Waals surface area contributed by atoms with E-state index in [-0.39, 0.29) is 18.5 Å². The molecule has 0 bridgehead atoms. The highest BCUT2D eigenvalue weighted by Gasteiger charge is 2.35. The maximum atomic E-state index is 12.8. The van der Waals surface area contributed by atoms with Gasteiger partial charge in [-0.25, -0.2) is 0 Å². The van der Waals surface area contributed by atoms with Crippen molar-refractivity contribution in [1.29, 1.82) is 0 Å². The fourth-order valence-electron chi connectivity index (χ4n) is 3.46. The summed E-state index contributed by atoms with van der Waals surface area (Å²) in [6.07, 6.45) is 0.862. The number of amides is 1. The van der Waals surface area contributed by atoms with E-state index in [1.54, 1.807) is 18.1 Å². The molecule has 10 heteroatoms. The maximum Gasteiger partial charge on any atom is 0.435 e. The second-order valence-electron chi connectivity index (χ2n) is 7.17. The van der Waals surface area contributed by atoms with E-state index in [1.807, 2.05) is 16.9 Å². The van der Waals surface area contributed by atoms with Gasteiger partial charge in [0.25, 0.3) is 0 Å². The Hall–Kier alpha value is -2.36. The van der Waals surface area contributed by atoms with Gasteiger partial charge in [-0.2, -0.15) is 23.4 Å². The van der Waals surface area contributed by atoms with Gasteiger partial charge in [-0.05, 0) is 31.9 Å². The van der Waals surface area contributed by atoms with Crippen molar-refractivity contribution < 1.29 is 18.0 Å². The molecule has 1 amide bonds. The third-order valence-corrected chi connectivity index (χ3v) is 5.26. The largest absolute Gasteiger partial charge is 0.435 e. The summed E-state index contributed by atoms with van der Waals surface area (Å²) < 4.78 is 41.3. The third kappa shape index (κ3) is 4.92. The second kappa shape index (κ2) is 8.34. The number of nitrogens with zero attached hydrogens (tertiary/aromatic N) is 6. The summed E-state index contributed by atoms with van der Waals surface area (Å²) in [4.78, 5) is 16.5. The number of carbonyl (C=O) groups is 1. The molecule has 0 unspecified atom stereocenters. The summed E-state index contributed by atoms with van der Waals surface area (Å²) in [5.41, 5.74) is -0.645. The van der Waals surface area contributed by atoms with Crippen LogP contribution in [0.4, 0.5) is 13.2 Å². The van der Waals surface area contributed by atoms with Crippen LogP contribution in [0.1, 0.15) is 24.2 Å². The molecule has 1 aliphatic heterocycles. The first-order valence-electron chi connectivity index (χ1n) is 9.31. The van der Waals surface area contributed by atoms with Crippen LogP contribution in [-0.4, -0.2) is 68.0 Å². The SMILES string of the molecule is Cc1cc(C(F)(F)F)nn1CC(=O)N(C)C1CCN(CCn2cccn2)CC1. The second-order valence-corrected chi connectivity index (χ2v) is 7.17. The smallest absolute Gasteiger partial charge is 0.341 e. The zero-order chi connectivity index (χ0) is 20.3. The number of carbonyl (C=O) groups excluding carboxylic acids is 1. The summed E-state index contributed by atoms with van der Waals surface area (Å²) in [5.74, 6) is -0.227. The summed E-state index contributed by atoms with van der Waals surface area (Å²) in [5, 5.41) is 7.73. The van der Waals surface area contributed by atoms with Crippen molar-refractivity contribution in [1.82, 2.24) is 29.4 Å². The Morgan fingerprint density at radius 2 is 2.00 bits per heavy atom. The fraction of sp³-hybridized carbons (Fsp3) is 0.611. The van der Waals surface area contributed by atoms with E-state index < -0.39 is 11.9 Å². The molecule has 3 rings (SSSR count). The molecule has 0 spiro atoms. The number of likely N-dealkylation sites (N-methyl/N-ethyl adjacent to an activating group) is 1. The van der Waals surface area contributed by atoms with E-state index >= 15 is 0 Å². The van der Waals surface area contributed by atoms with Crippen molar-refractivity contribution in [2.75, 3.05) is 26.7 Å². The molecule has 0 aliphatic carbocycles. The molecule has 0 saturated carbocycles. The van der Waals surface area contributed by atoms with Crippen molar-refractivity contribution in [2.45, 2.75) is 45.1 Å². The number of likely N-dealkylation sites (tertiary alicyclic amines) is 1. The highest BCUT2D eigenvalue weighted by molar-refractivity contribution is 5.76. The van der Waals surface area contributed by atoms with Crippen LogP contribution >= 0.6 is 0 Å². The highest BCUT2D eigenvalue weighted by Crippen LogP contribution is 2.28. The van der Waals surface area contributed by atoms with Gasteiger partial charge in [-0.1, -0.05) is 0 Å². The van der Waals surface area contributed by atoms with Crippen LogP contribution < -0.4 is 0 Å². The number of hydrogen-bond donors (Lipinski definition) is 0. The Labute approximate surface area is 161 Å². The molecule has 1 fully saturated rings. The van der Waals surface area contributed by atoms with E-state index in [9.17, 15) is 18.0 Å². The quantitative estimate of drug-likeness (QED) is 0.747. The van der Waals surface area contributed by atoms with E-state index in [0.717, 1.165) is 49.8 Å². The van der Waals surface area contributed by atoms with Crippen LogP contribution in [0.5, 0.6) is 0 Å². The number of aryl methyl sites for hydroxylation is 1. The third-order valence-electron chi connectivity index (χ3n) is 5.26. The van der Waals surface area contributed by atoms with Gasteiger partial charge in [0.1, 0.15) is 6.54 Å². The first kappa shape index (κ1) is 20.4. The topological polar surface area (TPSA) is 59.2 Å². The van der Waals surface area contributed by atoms with Crippen molar-refractivity contribution in [3.63, 3.8) is 0 Å². The Morgan fingerprint density at radius 1 is 1.29 bits per heavy atom. The molecule has 154 valence electrons. The van der Waals surface area contributed by atoms with Gasteiger partial charge < -0.3 is 9.80 Å². The average Bonchev–Trinajstić information content (AvgIpc) is 3.29. The predicted molar refractivity (Wildman–Crippen MR) is 96.4 cm³/mol. The summed E-state index contributed by atoms with van der Waals surface area (Å²) in [6, 6.07) is 2.95. The number of halogens is 3. The molecule has 0 N–H and O–H groups in total. The lowest BCUT2D eigenvalue weighted by atomic mass is 10.0. The lowest BCUT2D eigenvalue weighted by Gasteiger charge is -2.36. The Balaban J connectivity index is 1.48. The van der Waals surface area contributed by atoms with Gasteiger partial charge in [-0.15, -0.1) is 0 Å². The predicted octanol–water partition coefficient (Wildman–Crippen LogP) is 2.03. The van der Waals surface area contributed by atoms with Crippen LogP contribution in [0, 0.1) is 6.92 Å². The fourth-order valence-corrected chi connectivity index (χ4v) is 3.46. The Kier molecular flexibility index (Phi) is 6.07. The van der Waals surface area contributed by atoms with E-state index in [1.165, 1.54) is 6.92 Å².